The number of rotatable bonds is 12. The van der Waals surface area contributed by atoms with Gasteiger partial charge >= 0.3 is 0 Å². The lowest BCUT2D eigenvalue weighted by Gasteiger charge is -2.30. The molecule has 0 aromatic carbocycles. The Morgan fingerprint density at radius 2 is 1.61 bits per heavy atom. The first-order valence-electron chi connectivity index (χ1n) is 8.11. The second kappa shape index (κ2) is 9.86. The van der Waals surface area contributed by atoms with E-state index in [0.717, 1.165) is 0 Å². The summed E-state index contributed by atoms with van der Waals surface area (Å²) in [6, 6.07) is 0. The van der Waals surface area contributed by atoms with E-state index in [1.807, 2.05) is 0 Å². The maximum Gasteiger partial charge on any atom is 0.278 e. The van der Waals surface area contributed by atoms with Crippen LogP contribution in [0, 0.1) is 5.92 Å². The smallest absolute Gasteiger partial charge is 0.278 e. The minimum absolute atomic E-state index is 0.0186. The molecule has 0 saturated carbocycles. The van der Waals surface area contributed by atoms with E-state index in [4.69, 9.17) is 9.47 Å². The van der Waals surface area contributed by atoms with E-state index in [-0.39, 0.29) is 38.5 Å². The predicted molar refractivity (Wildman–Crippen MR) is 88.2 cm³/mol. The summed E-state index contributed by atoms with van der Waals surface area (Å²) >= 11 is 0. The Balaban J connectivity index is 1.99. The highest BCUT2D eigenvalue weighted by Gasteiger charge is 2.15. The molecular formula is C13H18N4O9P2-4. The van der Waals surface area contributed by atoms with Crippen LogP contribution in [0.5, 0.6) is 0 Å². The molecule has 0 atom stereocenters. The van der Waals surface area contributed by atoms with Crippen LogP contribution in [0.1, 0.15) is 0 Å². The van der Waals surface area contributed by atoms with Crippen LogP contribution in [0.15, 0.2) is 17.4 Å². The van der Waals surface area contributed by atoms with Gasteiger partial charge in [0.1, 0.15) is 0 Å². The van der Waals surface area contributed by atoms with Crippen molar-refractivity contribution in [2.24, 2.45) is 5.92 Å². The molecule has 0 saturated heterocycles. The largest absolute Gasteiger partial charge is 0.811 e. The summed E-state index contributed by atoms with van der Waals surface area (Å²) in [6.07, 6.45) is 1.26. The minimum Gasteiger partial charge on any atom is -0.811 e. The Hall–Kier alpha value is -1.43. The van der Waals surface area contributed by atoms with Gasteiger partial charge in [-0.3, -0.25) is 4.79 Å². The van der Waals surface area contributed by atoms with Gasteiger partial charge in [0.15, 0.2) is 11.2 Å². The van der Waals surface area contributed by atoms with Crippen LogP contribution in [-0.4, -0.2) is 58.3 Å². The van der Waals surface area contributed by atoms with E-state index in [2.05, 4.69) is 15.0 Å². The average Bonchev–Trinajstić information content (AvgIpc) is 2.98. The standard InChI is InChI=1S/C13H22N4O9P2/c18-13-11-12(14-8-15-13)17(9-16-11)5-10(6-25-1-3-27(19,20)21)7-26-2-4-28(22,23)24/h8-10H,1-7H2,(H,14,15,18)(H2,19,20,21)(H2,22,23,24)/p-4. The summed E-state index contributed by atoms with van der Waals surface area (Å²) < 4.78 is 33.2. The predicted octanol–water partition coefficient (Wildman–Crippen LogP) is -3.40. The summed E-state index contributed by atoms with van der Waals surface area (Å²) in [5, 5.41) is 0. The highest BCUT2D eigenvalue weighted by Crippen LogP contribution is 2.22. The molecule has 0 aliphatic carbocycles. The van der Waals surface area contributed by atoms with E-state index in [0.29, 0.717) is 5.65 Å². The van der Waals surface area contributed by atoms with Crippen LogP contribution in [0.25, 0.3) is 11.2 Å². The van der Waals surface area contributed by atoms with E-state index < -0.39 is 39.0 Å². The van der Waals surface area contributed by atoms with E-state index in [1.165, 1.54) is 12.7 Å². The molecule has 0 aliphatic heterocycles. The molecule has 0 fully saturated rings. The maximum atomic E-state index is 11.7. The van der Waals surface area contributed by atoms with Gasteiger partial charge in [0.05, 0.1) is 39.1 Å². The molecule has 13 nitrogen and oxygen atoms in total. The van der Waals surface area contributed by atoms with Gasteiger partial charge in [0.2, 0.25) is 0 Å². The van der Waals surface area contributed by atoms with Crippen molar-refractivity contribution in [1.82, 2.24) is 19.5 Å². The van der Waals surface area contributed by atoms with Crippen LogP contribution in [0.2, 0.25) is 0 Å². The normalized spacial score (nSPS) is 12.9. The van der Waals surface area contributed by atoms with Crippen molar-refractivity contribution >= 4 is 26.4 Å². The van der Waals surface area contributed by atoms with Crippen LogP contribution < -0.4 is 25.1 Å². The first-order valence-corrected chi connectivity index (χ1v) is 11.6. The number of fused-ring (bicyclic) bond motifs is 1. The second-order valence-corrected chi connectivity index (χ2v) is 9.32. The highest BCUT2D eigenvalue weighted by molar-refractivity contribution is 7.49. The third kappa shape index (κ3) is 7.90. The van der Waals surface area contributed by atoms with E-state index >= 15 is 0 Å². The summed E-state index contributed by atoms with van der Waals surface area (Å²) in [4.78, 5) is 64.7. The van der Waals surface area contributed by atoms with Crippen molar-refractivity contribution in [3.63, 3.8) is 0 Å². The van der Waals surface area contributed by atoms with Crippen LogP contribution in [0.3, 0.4) is 0 Å². The molecule has 0 aliphatic rings. The lowest BCUT2D eigenvalue weighted by Crippen LogP contribution is -2.26. The Labute approximate surface area is 159 Å². The van der Waals surface area contributed by atoms with Crippen molar-refractivity contribution in [3.8, 4) is 0 Å². The maximum absolute atomic E-state index is 11.7. The third-order valence-electron chi connectivity index (χ3n) is 3.59. The molecule has 0 unspecified atom stereocenters. The van der Waals surface area contributed by atoms with Crippen molar-refractivity contribution in [2.75, 3.05) is 38.8 Å². The second-order valence-electron chi connectivity index (χ2n) is 5.99. The molecule has 2 aromatic rings. The Kier molecular flexibility index (Phi) is 8.05. The minimum atomic E-state index is -4.69. The summed E-state index contributed by atoms with van der Waals surface area (Å²) in [7, 11) is -9.37. The molecule has 0 amide bonds. The number of hydrogen-bond acceptors (Lipinski definition) is 11. The zero-order chi connectivity index (χ0) is 20.8. The van der Waals surface area contributed by atoms with Crippen molar-refractivity contribution in [2.45, 2.75) is 6.54 Å². The first-order chi connectivity index (χ1) is 13.1. The molecule has 2 rings (SSSR count). The van der Waals surface area contributed by atoms with Crippen molar-refractivity contribution < 1.29 is 38.2 Å². The lowest BCUT2D eigenvalue weighted by molar-refractivity contribution is -0.315. The molecule has 15 heteroatoms. The number of H-pyrrole nitrogens is 1. The first kappa shape index (κ1) is 22.9. The van der Waals surface area contributed by atoms with Crippen molar-refractivity contribution in [3.05, 3.63) is 23.0 Å². The van der Waals surface area contributed by atoms with Gasteiger partial charge in [-0.15, -0.1) is 0 Å². The quantitative estimate of drug-likeness (QED) is 0.256. The number of ether oxygens (including phenoxy) is 2. The Morgan fingerprint density at radius 1 is 1.04 bits per heavy atom. The fourth-order valence-electron chi connectivity index (χ4n) is 2.31. The van der Waals surface area contributed by atoms with E-state index in [1.54, 1.807) is 4.57 Å². The highest BCUT2D eigenvalue weighted by atomic mass is 31.2. The van der Waals surface area contributed by atoms with Crippen LogP contribution in [0.4, 0.5) is 0 Å². The van der Waals surface area contributed by atoms with Gasteiger partial charge in [-0.1, -0.05) is 15.2 Å². The molecule has 2 heterocycles. The number of aromatic nitrogens is 4. The number of aromatic amines is 1. The zero-order valence-electron chi connectivity index (χ0n) is 14.6. The molecular weight excluding hydrogens is 418 g/mol. The third-order valence-corrected chi connectivity index (χ3v) is 5.05. The van der Waals surface area contributed by atoms with Crippen LogP contribution in [-0.2, 0) is 25.1 Å². The molecule has 2 aromatic heterocycles. The Morgan fingerprint density at radius 3 is 2.14 bits per heavy atom. The number of hydrogen-bond donors (Lipinski definition) is 1. The fourth-order valence-corrected chi connectivity index (χ4v) is 3.02. The van der Waals surface area contributed by atoms with Crippen LogP contribution >= 0.6 is 15.2 Å². The molecule has 0 radical (unpaired) electrons. The SMILES string of the molecule is O=c1[nH]cnc2c1ncn2CC(COCCP(=O)([O-])[O-])COCCP(=O)([O-])[O-]. The fraction of sp³-hybridized carbons (Fsp3) is 0.615. The van der Waals surface area contributed by atoms with Gasteiger partial charge in [-0.25, -0.2) is 9.97 Å². The monoisotopic (exact) mass is 436 g/mol. The van der Waals surface area contributed by atoms with Gasteiger partial charge in [-0.05, 0) is 12.3 Å². The van der Waals surface area contributed by atoms with Gasteiger partial charge in [-0.2, -0.15) is 0 Å². The molecule has 0 spiro atoms. The molecule has 0 bridgehead atoms. The lowest BCUT2D eigenvalue weighted by atomic mass is 10.2. The van der Waals surface area contributed by atoms with Gasteiger partial charge in [0, 0.05) is 12.5 Å². The molecule has 158 valence electrons. The topological polar surface area (TPSA) is 208 Å². The summed E-state index contributed by atoms with van der Waals surface area (Å²) in [6.45, 7) is -0.449. The van der Waals surface area contributed by atoms with E-state index in [9.17, 15) is 33.5 Å². The summed E-state index contributed by atoms with van der Waals surface area (Å²) in [5.41, 5.74) is 0.0115. The number of nitrogens with zero attached hydrogens (tertiary/aromatic N) is 3. The summed E-state index contributed by atoms with van der Waals surface area (Å²) in [5.74, 6) is -0.422. The van der Waals surface area contributed by atoms with Gasteiger partial charge < -0.3 is 47.7 Å². The van der Waals surface area contributed by atoms with Crippen molar-refractivity contribution in [1.29, 1.82) is 0 Å². The number of nitrogens with one attached hydrogen (secondary N) is 1. The Bertz CT molecular complexity index is 888. The molecule has 1 N–H and O–H groups in total. The zero-order valence-corrected chi connectivity index (χ0v) is 16.4. The van der Waals surface area contributed by atoms with Gasteiger partial charge in [0.25, 0.3) is 5.56 Å². The molecule has 28 heavy (non-hydrogen) atoms. The average molecular weight is 436 g/mol. The number of imidazole rings is 1.